The average molecular weight is 220 g/mol. The molecule has 86 valence electrons. The first-order valence-corrected chi connectivity index (χ1v) is 5.51. The SMILES string of the molecule is C[C@@H]1CN(C(=O)c2ccncc2)C[C@@H](C)O1. The van der Waals surface area contributed by atoms with Crippen LogP contribution in [0.2, 0.25) is 0 Å². The Hall–Kier alpha value is -1.42. The van der Waals surface area contributed by atoms with Gasteiger partial charge in [-0.25, -0.2) is 0 Å². The van der Waals surface area contributed by atoms with Crippen molar-refractivity contribution in [1.82, 2.24) is 9.88 Å². The first-order chi connectivity index (χ1) is 7.66. The molecule has 1 aromatic heterocycles. The number of pyridine rings is 1. The van der Waals surface area contributed by atoms with E-state index in [1.165, 1.54) is 0 Å². The lowest BCUT2D eigenvalue weighted by Crippen LogP contribution is -2.48. The van der Waals surface area contributed by atoms with Gasteiger partial charge in [-0.05, 0) is 26.0 Å². The Morgan fingerprint density at radius 2 is 1.88 bits per heavy atom. The van der Waals surface area contributed by atoms with Gasteiger partial charge in [-0.1, -0.05) is 0 Å². The molecule has 1 fully saturated rings. The lowest BCUT2D eigenvalue weighted by Gasteiger charge is -2.35. The summed E-state index contributed by atoms with van der Waals surface area (Å²) in [5.41, 5.74) is 0.691. The molecule has 0 N–H and O–H groups in total. The summed E-state index contributed by atoms with van der Waals surface area (Å²) >= 11 is 0. The largest absolute Gasteiger partial charge is 0.372 e. The zero-order valence-corrected chi connectivity index (χ0v) is 9.59. The van der Waals surface area contributed by atoms with Crippen molar-refractivity contribution in [3.8, 4) is 0 Å². The van der Waals surface area contributed by atoms with Crippen molar-refractivity contribution in [2.24, 2.45) is 0 Å². The molecule has 0 radical (unpaired) electrons. The molecule has 1 aliphatic heterocycles. The normalized spacial score (nSPS) is 25.5. The molecule has 1 amide bonds. The van der Waals surface area contributed by atoms with Crippen LogP contribution in [0.4, 0.5) is 0 Å². The van der Waals surface area contributed by atoms with Gasteiger partial charge in [0, 0.05) is 31.0 Å². The lowest BCUT2D eigenvalue weighted by atomic mass is 10.2. The standard InChI is InChI=1S/C12H16N2O2/c1-9-7-14(8-10(2)16-9)12(15)11-3-5-13-6-4-11/h3-6,9-10H,7-8H2,1-2H3/t9-,10-/m1/s1. The van der Waals surface area contributed by atoms with E-state index in [-0.39, 0.29) is 18.1 Å². The van der Waals surface area contributed by atoms with Gasteiger partial charge in [-0.3, -0.25) is 9.78 Å². The number of morpholine rings is 1. The fourth-order valence-corrected chi connectivity index (χ4v) is 2.02. The van der Waals surface area contributed by atoms with Crippen LogP contribution in [-0.4, -0.2) is 41.1 Å². The molecule has 4 heteroatoms. The van der Waals surface area contributed by atoms with E-state index in [0.717, 1.165) is 0 Å². The molecule has 4 nitrogen and oxygen atoms in total. The second-order valence-corrected chi connectivity index (χ2v) is 4.20. The summed E-state index contributed by atoms with van der Waals surface area (Å²) in [6.07, 6.45) is 3.49. The fourth-order valence-electron chi connectivity index (χ4n) is 2.02. The number of carbonyl (C=O) groups is 1. The van der Waals surface area contributed by atoms with Gasteiger partial charge in [0.15, 0.2) is 0 Å². The molecular formula is C12H16N2O2. The van der Waals surface area contributed by atoms with Crippen molar-refractivity contribution in [1.29, 1.82) is 0 Å². The van der Waals surface area contributed by atoms with E-state index in [0.29, 0.717) is 18.7 Å². The monoisotopic (exact) mass is 220 g/mol. The Morgan fingerprint density at radius 3 is 2.44 bits per heavy atom. The third-order valence-corrected chi connectivity index (χ3v) is 2.63. The van der Waals surface area contributed by atoms with Gasteiger partial charge in [0.2, 0.25) is 0 Å². The summed E-state index contributed by atoms with van der Waals surface area (Å²) in [5, 5.41) is 0. The van der Waals surface area contributed by atoms with Crippen LogP contribution in [0.15, 0.2) is 24.5 Å². The summed E-state index contributed by atoms with van der Waals surface area (Å²) in [4.78, 5) is 17.9. The zero-order valence-electron chi connectivity index (χ0n) is 9.59. The maximum absolute atomic E-state index is 12.1. The predicted molar refractivity (Wildman–Crippen MR) is 60.1 cm³/mol. The van der Waals surface area contributed by atoms with Gasteiger partial charge in [0.1, 0.15) is 0 Å². The van der Waals surface area contributed by atoms with Crippen LogP contribution in [0.25, 0.3) is 0 Å². The molecule has 2 heterocycles. The minimum Gasteiger partial charge on any atom is -0.372 e. The summed E-state index contributed by atoms with van der Waals surface area (Å²) in [7, 11) is 0. The van der Waals surface area contributed by atoms with Crippen LogP contribution in [0.3, 0.4) is 0 Å². The second kappa shape index (κ2) is 4.61. The molecule has 0 unspecified atom stereocenters. The molecule has 0 spiro atoms. The molecule has 2 atom stereocenters. The highest BCUT2D eigenvalue weighted by molar-refractivity contribution is 5.94. The highest BCUT2D eigenvalue weighted by Crippen LogP contribution is 2.13. The Bertz CT molecular complexity index is 357. The number of aromatic nitrogens is 1. The van der Waals surface area contributed by atoms with E-state index in [1.807, 2.05) is 18.7 Å². The van der Waals surface area contributed by atoms with E-state index in [2.05, 4.69) is 4.98 Å². The molecule has 1 aromatic rings. The zero-order chi connectivity index (χ0) is 11.5. The maximum atomic E-state index is 12.1. The molecule has 1 aliphatic rings. The van der Waals surface area contributed by atoms with E-state index in [9.17, 15) is 4.79 Å². The molecule has 0 aliphatic carbocycles. The average Bonchev–Trinajstić information content (AvgIpc) is 2.28. The number of hydrogen-bond donors (Lipinski definition) is 0. The third-order valence-electron chi connectivity index (χ3n) is 2.63. The van der Waals surface area contributed by atoms with Crippen LogP contribution >= 0.6 is 0 Å². The maximum Gasteiger partial charge on any atom is 0.254 e. The predicted octanol–water partition coefficient (Wildman–Crippen LogP) is 1.33. The van der Waals surface area contributed by atoms with Crippen molar-refractivity contribution in [2.45, 2.75) is 26.1 Å². The molecule has 0 saturated carbocycles. The van der Waals surface area contributed by atoms with Gasteiger partial charge in [0.05, 0.1) is 12.2 Å². The van der Waals surface area contributed by atoms with E-state index in [1.54, 1.807) is 24.5 Å². The van der Waals surface area contributed by atoms with Crippen LogP contribution in [0, 0.1) is 0 Å². The first kappa shape index (κ1) is 11.1. The molecule has 0 aromatic carbocycles. The van der Waals surface area contributed by atoms with E-state index >= 15 is 0 Å². The van der Waals surface area contributed by atoms with Crippen LogP contribution in [0.5, 0.6) is 0 Å². The van der Waals surface area contributed by atoms with Crippen molar-refractivity contribution >= 4 is 5.91 Å². The van der Waals surface area contributed by atoms with Crippen LogP contribution in [0.1, 0.15) is 24.2 Å². The Morgan fingerprint density at radius 1 is 1.31 bits per heavy atom. The summed E-state index contributed by atoms with van der Waals surface area (Å²) in [6, 6.07) is 3.49. The number of nitrogens with zero attached hydrogens (tertiary/aromatic N) is 2. The molecule has 0 bridgehead atoms. The molecule has 16 heavy (non-hydrogen) atoms. The quantitative estimate of drug-likeness (QED) is 0.717. The summed E-state index contributed by atoms with van der Waals surface area (Å²) < 4.78 is 5.60. The van der Waals surface area contributed by atoms with Crippen molar-refractivity contribution < 1.29 is 9.53 Å². The Balaban J connectivity index is 2.10. The number of amides is 1. The van der Waals surface area contributed by atoms with Gasteiger partial charge in [-0.15, -0.1) is 0 Å². The van der Waals surface area contributed by atoms with Gasteiger partial charge < -0.3 is 9.64 Å². The molecule has 1 saturated heterocycles. The number of rotatable bonds is 1. The highest BCUT2D eigenvalue weighted by atomic mass is 16.5. The number of hydrogen-bond acceptors (Lipinski definition) is 3. The van der Waals surface area contributed by atoms with Crippen LogP contribution in [-0.2, 0) is 4.74 Å². The van der Waals surface area contributed by atoms with Crippen molar-refractivity contribution in [3.05, 3.63) is 30.1 Å². The van der Waals surface area contributed by atoms with Gasteiger partial charge in [-0.2, -0.15) is 0 Å². The van der Waals surface area contributed by atoms with Crippen molar-refractivity contribution in [3.63, 3.8) is 0 Å². The lowest BCUT2D eigenvalue weighted by molar-refractivity contribution is -0.0586. The van der Waals surface area contributed by atoms with E-state index < -0.39 is 0 Å². The van der Waals surface area contributed by atoms with Crippen LogP contribution < -0.4 is 0 Å². The second-order valence-electron chi connectivity index (χ2n) is 4.20. The minimum atomic E-state index is 0.0596. The summed E-state index contributed by atoms with van der Waals surface area (Å²) in [6.45, 7) is 5.29. The Kier molecular flexibility index (Phi) is 3.19. The van der Waals surface area contributed by atoms with Gasteiger partial charge in [0.25, 0.3) is 5.91 Å². The van der Waals surface area contributed by atoms with Gasteiger partial charge >= 0.3 is 0 Å². The third kappa shape index (κ3) is 2.39. The van der Waals surface area contributed by atoms with Crippen molar-refractivity contribution in [2.75, 3.05) is 13.1 Å². The van der Waals surface area contributed by atoms with E-state index in [4.69, 9.17) is 4.74 Å². The molecular weight excluding hydrogens is 204 g/mol. The number of ether oxygens (including phenoxy) is 1. The topological polar surface area (TPSA) is 42.4 Å². The Labute approximate surface area is 95.2 Å². The molecule has 2 rings (SSSR count). The summed E-state index contributed by atoms with van der Waals surface area (Å²) in [5.74, 6) is 0.0596. The smallest absolute Gasteiger partial charge is 0.254 e. The minimum absolute atomic E-state index is 0.0596. The highest BCUT2D eigenvalue weighted by Gasteiger charge is 2.26. The fraction of sp³-hybridized carbons (Fsp3) is 0.500. The first-order valence-electron chi connectivity index (χ1n) is 5.51. The number of carbonyl (C=O) groups excluding carboxylic acids is 1.